The SMILES string of the molecule is CCOc1cc(CN2C[C@H]3CC[C@@H]2CN(C)C3)cc(Cl)c1OCC. The minimum absolute atomic E-state index is 0.585. The molecule has 2 bridgehead atoms. The third-order valence-corrected chi connectivity index (χ3v) is 5.33. The molecule has 134 valence electrons. The Balaban J connectivity index is 1.79. The molecule has 0 spiro atoms. The molecule has 0 radical (unpaired) electrons. The molecule has 0 aromatic heterocycles. The van der Waals surface area contributed by atoms with Gasteiger partial charge in [-0.1, -0.05) is 11.6 Å². The topological polar surface area (TPSA) is 24.9 Å². The quantitative estimate of drug-likeness (QED) is 0.780. The summed E-state index contributed by atoms with van der Waals surface area (Å²) in [5.74, 6) is 2.22. The molecule has 4 nitrogen and oxygen atoms in total. The molecule has 3 heterocycles. The Morgan fingerprint density at radius 3 is 2.62 bits per heavy atom. The second kappa shape index (κ2) is 7.94. The van der Waals surface area contributed by atoms with Crippen molar-refractivity contribution >= 4 is 11.6 Å². The number of rotatable bonds is 6. The number of benzene rings is 1. The Hall–Kier alpha value is -0.970. The molecule has 0 N–H and O–H groups in total. The molecular weight excluding hydrogens is 324 g/mol. The Bertz CT molecular complexity index is 567. The van der Waals surface area contributed by atoms with Gasteiger partial charge >= 0.3 is 0 Å². The van der Waals surface area contributed by atoms with Crippen LogP contribution in [0.2, 0.25) is 5.02 Å². The van der Waals surface area contributed by atoms with Crippen molar-refractivity contribution < 1.29 is 9.47 Å². The number of piperidine rings is 1. The van der Waals surface area contributed by atoms with Crippen LogP contribution in [0.1, 0.15) is 32.3 Å². The lowest BCUT2D eigenvalue weighted by molar-refractivity contribution is 0.124. The summed E-state index contributed by atoms with van der Waals surface area (Å²) in [6.45, 7) is 9.65. The Morgan fingerprint density at radius 2 is 1.88 bits per heavy atom. The zero-order valence-electron chi connectivity index (χ0n) is 15.1. The van der Waals surface area contributed by atoms with E-state index in [1.807, 2.05) is 19.9 Å². The van der Waals surface area contributed by atoms with Gasteiger partial charge in [0.05, 0.1) is 18.2 Å². The van der Waals surface area contributed by atoms with E-state index in [0.717, 1.165) is 18.2 Å². The summed E-state index contributed by atoms with van der Waals surface area (Å²) in [6, 6.07) is 4.79. The van der Waals surface area contributed by atoms with Crippen molar-refractivity contribution in [3.63, 3.8) is 0 Å². The molecule has 3 aliphatic heterocycles. The molecule has 3 saturated heterocycles. The molecule has 5 heteroatoms. The number of likely N-dealkylation sites (N-methyl/N-ethyl adjacent to an activating group) is 1. The lowest BCUT2D eigenvalue weighted by Crippen LogP contribution is -2.43. The number of fused-ring (bicyclic) bond motifs is 4. The molecular formula is C19H29ClN2O2. The highest BCUT2D eigenvalue weighted by Crippen LogP contribution is 2.38. The van der Waals surface area contributed by atoms with E-state index in [0.29, 0.717) is 30.0 Å². The van der Waals surface area contributed by atoms with E-state index >= 15 is 0 Å². The fourth-order valence-corrected chi connectivity index (χ4v) is 4.39. The van der Waals surface area contributed by atoms with Crippen LogP contribution in [-0.2, 0) is 6.54 Å². The number of halogens is 1. The fraction of sp³-hybridized carbons (Fsp3) is 0.684. The van der Waals surface area contributed by atoms with E-state index in [1.165, 1.54) is 38.0 Å². The molecule has 0 aliphatic carbocycles. The molecule has 2 atom stereocenters. The van der Waals surface area contributed by atoms with E-state index in [1.54, 1.807) is 0 Å². The van der Waals surface area contributed by atoms with Gasteiger partial charge in [0, 0.05) is 32.2 Å². The largest absolute Gasteiger partial charge is 0.490 e. The summed E-state index contributed by atoms with van der Waals surface area (Å²) in [6.07, 6.45) is 2.66. The van der Waals surface area contributed by atoms with Crippen LogP contribution in [0.5, 0.6) is 11.5 Å². The van der Waals surface area contributed by atoms with Crippen molar-refractivity contribution in [3.05, 3.63) is 22.7 Å². The zero-order chi connectivity index (χ0) is 17.1. The Labute approximate surface area is 150 Å². The van der Waals surface area contributed by atoms with Gasteiger partial charge < -0.3 is 14.4 Å². The normalized spacial score (nSPS) is 24.8. The third kappa shape index (κ3) is 3.98. The molecule has 3 aliphatic rings. The first-order valence-electron chi connectivity index (χ1n) is 9.11. The molecule has 0 saturated carbocycles. The maximum atomic E-state index is 6.47. The van der Waals surface area contributed by atoms with Crippen molar-refractivity contribution in [2.45, 2.75) is 39.3 Å². The van der Waals surface area contributed by atoms with Crippen molar-refractivity contribution in [1.29, 1.82) is 0 Å². The number of ether oxygens (including phenoxy) is 2. The van der Waals surface area contributed by atoms with Gasteiger partial charge in [0.2, 0.25) is 0 Å². The van der Waals surface area contributed by atoms with Gasteiger partial charge in [-0.2, -0.15) is 0 Å². The lowest BCUT2D eigenvalue weighted by Gasteiger charge is -2.36. The standard InChI is InChI=1S/C19H29ClN2O2/c1-4-23-18-9-15(8-17(20)19(18)24-5-2)12-22-11-14-6-7-16(22)13-21(3)10-14/h8-9,14,16H,4-7,10-13H2,1-3H3/t14-,16+/m0/s1. The van der Waals surface area contributed by atoms with Gasteiger partial charge in [0.25, 0.3) is 0 Å². The van der Waals surface area contributed by atoms with Gasteiger partial charge in [-0.25, -0.2) is 0 Å². The summed E-state index contributed by atoms with van der Waals surface area (Å²) in [5, 5.41) is 0.648. The Morgan fingerprint density at radius 1 is 1.08 bits per heavy atom. The maximum Gasteiger partial charge on any atom is 0.179 e. The lowest BCUT2D eigenvalue weighted by atomic mass is 9.94. The summed E-state index contributed by atoms with van der Waals surface area (Å²) < 4.78 is 11.4. The molecule has 24 heavy (non-hydrogen) atoms. The van der Waals surface area contributed by atoms with Gasteiger partial charge in [-0.15, -0.1) is 0 Å². The van der Waals surface area contributed by atoms with E-state index in [9.17, 15) is 0 Å². The number of hydrogen-bond acceptors (Lipinski definition) is 4. The van der Waals surface area contributed by atoms with Crippen LogP contribution in [0.4, 0.5) is 0 Å². The maximum absolute atomic E-state index is 6.47. The minimum atomic E-state index is 0.585. The monoisotopic (exact) mass is 352 g/mol. The zero-order valence-corrected chi connectivity index (χ0v) is 15.8. The van der Waals surface area contributed by atoms with Crippen LogP contribution in [0.3, 0.4) is 0 Å². The number of nitrogens with zero attached hydrogens (tertiary/aromatic N) is 2. The molecule has 1 aromatic rings. The third-order valence-electron chi connectivity index (χ3n) is 5.05. The van der Waals surface area contributed by atoms with Crippen molar-refractivity contribution in [3.8, 4) is 11.5 Å². The molecule has 3 fully saturated rings. The Kier molecular flexibility index (Phi) is 5.90. The van der Waals surface area contributed by atoms with Crippen LogP contribution in [0.15, 0.2) is 12.1 Å². The fourth-order valence-electron chi connectivity index (χ4n) is 4.10. The average Bonchev–Trinajstić information content (AvgIpc) is 2.80. The molecule has 0 amide bonds. The first-order valence-corrected chi connectivity index (χ1v) is 9.49. The van der Waals surface area contributed by atoms with Gasteiger partial charge in [0.1, 0.15) is 0 Å². The van der Waals surface area contributed by atoms with Crippen LogP contribution in [0.25, 0.3) is 0 Å². The highest BCUT2D eigenvalue weighted by molar-refractivity contribution is 6.32. The summed E-state index contributed by atoms with van der Waals surface area (Å²) >= 11 is 6.47. The van der Waals surface area contributed by atoms with Gasteiger partial charge in [-0.3, -0.25) is 4.90 Å². The molecule has 1 aromatic carbocycles. The molecule has 0 unspecified atom stereocenters. The summed E-state index contributed by atoms with van der Waals surface area (Å²) in [5.41, 5.74) is 1.21. The van der Waals surface area contributed by atoms with Crippen LogP contribution in [-0.4, -0.2) is 55.7 Å². The summed E-state index contributed by atoms with van der Waals surface area (Å²) in [7, 11) is 2.25. The smallest absolute Gasteiger partial charge is 0.179 e. The first-order chi connectivity index (χ1) is 11.6. The highest BCUT2D eigenvalue weighted by Gasteiger charge is 2.33. The average molecular weight is 353 g/mol. The van der Waals surface area contributed by atoms with E-state index in [2.05, 4.69) is 22.9 Å². The number of hydrogen-bond donors (Lipinski definition) is 0. The minimum Gasteiger partial charge on any atom is -0.490 e. The predicted molar refractivity (Wildman–Crippen MR) is 98.2 cm³/mol. The van der Waals surface area contributed by atoms with E-state index in [-0.39, 0.29) is 0 Å². The van der Waals surface area contributed by atoms with E-state index in [4.69, 9.17) is 21.1 Å². The highest BCUT2D eigenvalue weighted by atomic mass is 35.5. The second-order valence-corrected chi connectivity index (χ2v) is 7.43. The first kappa shape index (κ1) is 17.8. The van der Waals surface area contributed by atoms with E-state index < -0.39 is 0 Å². The second-order valence-electron chi connectivity index (χ2n) is 7.02. The van der Waals surface area contributed by atoms with Crippen LogP contribution in [0, 0.1) is 5.92 Å². The van der Waals surface area contributed by atoms with Crippen molar-refractivity contribution in [2.24, 2.45) is 5.92 Å². The predicted octanol–water partition coefficient (Wildman–Crippen LogP) is 3.66. The van der Waals surface area contributed by atoms with Crippen molar-refractivity contribution in [1.82, 2.24) is 9.80 Å². The molecule has 4 rings (SSSR count). The van der Waals surface area contributed by atoms with Gasteiger partial charge in [-0.05, 0) is 57.4 Å². The van der Waals surface area contributed by atoms with Crippen LogP contribution >= 0.6 is 11.6 Å². The van der Waals surface area contributed by atoms with Gasteiger partial charge in [0.15, 0.2) is 11.5 Å². The van der Waals surface area contributed by atoms with Crippen molar-refractivity contribution in [2.75, 3.05) is 39.9 Å². The summed E-state index contributed by atoms with van der Waals surface area (Å²) in [4.78, 5) is 5.11. The van der Waals surface area contributed by atoms with Crippen LogP contribution < -0.4 is 9.47 Å².